The van der Waals surface area contributed by atoms with Crippen LogP contribution in [0.5, 0.6) is 23.0 Å². The Kier molecular flexibility index (Phi) is 7.85. The molecule has 0 atom stereocenters. The van der Waals surface area contributed by atoms with Crippen LogP contribution in [0, 0.1) is 0 Å². The summed E-state index contributed by atoms with van der Waals surface area (Å²) in [7, 11) is -7.71. The maximum absolute atomic E-state index is 13.4. The van der Waals surface area contributed by atoms with Gasteiger partial charge < -0.3 is 14.6 Å². The molecule has 0 aliphatic heterocycles. The average molecular weight is 539 g/mol. The van der Waals surface area contributed by atoms with E-state index in [-0.39, 0.29) is 36.8 Å². The fraction of sp³-hybridized carbons (Fsp3) is 0.143. The molecule has 4 aromatic rings. The Morgan fingerprint density at radius 1 is 0.676 bits per heavy atom. The van der Waals surface area contributed by atoms with Gasteiger partial charge in [0, 0.05) is 6.07 Å². The fourth-order valence-corrected chi connectivity index (χ4v) is 6.16. The van der Waals surface area contributed by atoms with Gasteiger partial charge in [0.25, 0.3) is 0 Å². The van der Waals surface area contributed by atoms with Gasteiger partial charge in [-0.1, -0.05) is 31.5 Å². The van der Waals surface area contributed by atoms with E-state index >= 15 is 0 Å². The number of benzene rings is 4. The summed E-state index contributed by atoms with van der Waals surface area (Å²) in [4.78, 5) is 0.142. The summed E-state index contributed by atoms with van der Waals surface area (Å²) in [5.41, 5.74) is 0. The van der Waals surface area contributed by atoms with Crippen molar-refractivity contribution in [2.24, 2.45) is 0 Å². The van der Waals surface area contributed by atoms with Gasteiger partial charge in [-0.15, -0.1) is 0 Å². The molecule has 0 radical (unpaired) electrons. The van der Waals surface area contributed by atoms with E-state index in [4.69, 9.17) is 9.47 Å². The number of hydrogen-bond acceptors (Lipinski definition) is 7. The van der Waals surface area contributed by atoms with Crippen LogP contribution >= 0.6 is 0 Å². The molecular weight excluding hydrogens is 512 g/mol. The van der Waals surface area contributed by atoms with Gasteiger partial charge >= 0.3 is 0 Å². The van der Waals surface area contributed by atoms with Gasteiger partial charge in [-0.2, -0.15) is 0 Å². The predicted octanol–water partition coefficient (Wildman–Crippen LogP) is 6.03. The molecule has 0 aliphatic rings. The minimum Gasteiger partial charge on any atom is -0.508 e. The molecule has 0 saturated heterocycles. The smallest absolute Gasteiger partial charge is 0.210 e. The van der Waals surface area contributed by atoms with Crippen LogP contribution in [0.2, 0.25) is 0 Å². The third-order valence-corrected chi connectivity index (χ3v) is 9.13. The molecule has 4 aromatic carbocycles. The summed E-state index contributed by atoms with van der Waals surface area (Å²) < 4.78 is 64.3. The first-order valence-corrected chi connectivity index (χ1v) is 14.6. The molecule has 0 heterocycles. The van der Waals surface area contributed by atoms with Crippen molar-refractivity contribution in [3.05, 3.63) is 97.1 Å². The number of sulfone groups is 2. The fourth-order valence-electron chi connectivity index (χ4n) is 3.52. The maximum atomic E-state index is 13.4. The molecule has 0 aliphatic carbocycles. The van der Waals surface area contributed by atoms with E-state index in [1.807, 2.05) is 6.92 Å². The van der Waals surface area contributed by atoms with Crippen molar-refractivity contribution < 1.29 is 31.4 Å². The molecule has 0 fully saturated rings. The van der Waals surface area contributed by atoms with E-state index in [9.17, 15) is 21.9 Å². The molecule has 1 N–H and O–H groups in total. The first-order valence-electron chi connectivity index (χ1n) is 11.6. The normalized spacial score (nSPS) is 11.7. The SMILES string of the molecule is CCCCOc1ccc(S(=O)(=O)c2ccccc2)c(Oc2ccc(S(=O)(=O)c3ccc(O)cc3)cc2)c1. The van der Waals surface area contributed by atoms with Gasteiger partial charge in [-0.25, -0.2) is 16.8 Å². The number of phenols is 1. The van der Waals surface area contributed by atoms with Crippen molar-refractivity contribution in [3.63, 3.8) is 0 Å². The van der Waals surface area contributed by atoms with Crippen LogP contribution in [0.1, 0.15) is 19.8 Å². The van der Waals surface area contributed by atoms with Gasteiger partial charge in [0.05, 0.1) is 21.3 Å². The van der Waals surface area contributed by atoms with E-state index in [0.717, 1.165) is 12.8 Å². The van der Waals surface area contributed by atoms with Crippen molar-refractivity contribution in [1.82, 2.24) is 0 Å². The van der Waals surface area contributed by atoms with Crippen LogP contribution in [-0.4, -0.2) is 28.5 Å². The first-order chi connectivity index (χ1) is 17.7. The molecule has 9 heteroatoms. The summed E-state index contributed by atoms with van der Waals surface area (Å²) in [5.74, 6) is 0.735. The largest absolute Gasteiger partial charge is 0.508 e. The van der Waals surface area contributed by atoms with E-state index in [0.29, 0.717) is 12.4 Å². The lowest BCUT2D eigenvalue weighted by Gasteiger charge is -2.15. The summed E-state index contributed by atoms with van der Waals surface area (Å²) >= 11 is 0. The van der Waals surface area contributed by atoms with Crippen molar-refractivity contribution in [1.29, 1.82) is 0 Å². The highest BCUT2D eigenvalue weighted by atomic mass is 32.2. The number of rotatable bonds is 10. The van der Waals surface area contributed by atoms with Gasteiger partial charge in [0.2, 0.25) is 19.7 Å². The Balaban J connectivity index is 1.67. The third kappa shape index (κ3) is 5.95. The van der Waals surface area contributed by atoms with Gasteiger partial charge in [-0.05, 0) is 79.2 Å². The number of hydrogen-bond donors (Lipinski definition) is 1. The zero-order chi connectivity index (χ0) is 26.5. The Labute approximate surface area is 216 Å². The molecule has 0 aromatic heterocycles. The second kappa shape index (κ2) is 11.1. The molecule has 37 heavy (non-hydrogen) atoms. The third-order valence-electron chi connectivity index (χ3n) is 5.53. The lowest BCUT2D eigenvalue weighted by Crippen LogP contribution is -2.05. The van der Waals surface area contributed by atoms with Gasteiger partial charge in [0.1, 0.15) is 27.9 Å². The van der Waals surface area contributed by atoms with Gasteiger partial charge in [-0.3, -0.25) is 0 Å². The van der Waals surface area contributed by atoms with E-state index < -0.39 is 19.7 Å². The molecule has 4 rings (SSSR count). The Hall–Kier alpha value is -3.82. The van der Waals surface area contributed by atoms with Crippen LogP contribution in [0.3, 0.4) is 0 Å². The monoisotopic (exact) mass is 538 g/mol. The van der Waals surface area contributed by atoms with E-state index in [1.165, 1.54) is 72.8 Å². The molecule has 0 bridgehead atoms. The Morgan fingerprint density at radius 3 is 1.86 bits per heavy atom. The zero-order valence-electron chi connectivity index (χ0n) is 20.1. The van der Waals surface area contributed by atoms with Crippen LogP contribution in [0.15, 0.2) is 117 Å². The van der Waals surface area contributed by atoms with E-state index in [1.54, 1.807) is 24.3 Å². The lowest BCUT2D eigenvalue weighted by molar-refractivity contribution is 0.307. The highest BCUT2D eigenvalue weighted by Gasteiger charge is 2.24. The standard InChI is InChI=1S/C28H26O7S2/c1-2-3-19-34-23-13-18-28(37(32,33)24-7-5-4-6-8-24)27(20-23)35-22-11-16-26(17-12-22)36(30,31)25-14-9-21(29)10-15-25/h4-18,20,29H,2-3,19H2,1H3. The molecular formula is C28H26O7S2. The van der Waals surface area contributed by atoms with Crippen LogP contribution in [0.25, 0.3) is 0 Å². The van der Waals surface area contributed by atoms with Crippen LogP contribution < -0.4 is 9.47 Å². The lowest BCUT2D eigenvalue weighted by atomic mass is 10.3. The zero-order valence-corrected chi connectivity index (χ0v) is 21.7. The highest BCUT2D eigenvalue weighted by molar-refractivity contribution is 7.91. The van der Waals surface area contributed by atoms with Crippen molar-refractivity contribution in [2.45, 2.75) is 39.3 Å². The quantitative estimate of drug-likeness (QED) is 0.246. The molecule has 7 nitrogen and oxygen atoms in total. The molecule has 0 amide bonds. The van der Waals surface area contributed by atoms with Crippen molar-refractivity contribution in [2.75, 3.05) is 6.61 Å². The van der Waals surface area contributed by atoms with Crippen LogP contribution in [0.4, 0.5) is 0 Å². The molecule has 192 valence electrons. The van der Waals surface area contributed by atoms with Crippen LogP contribution in [-0.2, 0) is 19.7 Å². The first kappa shape index (κ1) is 26.2. The second-order valence-corrected chi connectivity index (χ2v) is 12.1. The van der Waals surface area contributed by atoms with E-state index in [2.05, 4.69) is 0 Å². The topological polar surface area (TPSA) is 107 Å². The van der Waals surface area contributed by atoms with Crippen molar-refractivity contribution >= 4 is 19.7 Å². The minimum atomic E-state index is -3.90. The summed E-state index contributed by atoms with van der Waals surface area (Å²) in [6, 6.07) is 23.5. The average Bonchev–Trinajstić information content (AvgIpc) is 2.90. The molecule has 0 unspecified atom stereocenters. The summed E-state index contributed by atoms with van der Waals surface area (Å²) in [5, 5.41) is 9.44. The molecule has 0 spiro atoms. The molecule has 0 saturated carbocycles. The highest BCUT2D eigenvalue weighted by Crippen LogP contribution is 2.36. The Bertz CT molecular complexity index is 1560. The Morgan fingerprint density at radius 2 is 1.24 bits per heavy atom. The summed E-state index contributed by atoms with van der Waals surface area (Å²) in [6.07, 6.45) is 1.79. The second-order valence-electron chi connectivity index (χ2n) is 8.20. The number of phenolic OH excluding ortho intramolecular Hbond substituents is 1. The van der Waals surface area contributed by atoms with Gasteiger partial charge in [0.15, 0.2) is 0 Å². The predicted molar refractivity (Wildman–Crippen MR) is 139 cm³/mol. The number of unbranched alkanes of at least 4 members (excludes halogenated alkanes) is 1. The maximum Gasteiger partial charge on any atom is 0.210 e. The number of ether oxygens (including phenoxy) is 2. The summed E-state index contributed by atoms with van der Waals surface area (Å²) in [6.45, 7) is 2.52. The number of aromatic hydroxyl groups is 1. The van der Waals surface area contributed by atoms with Crippen molar-refractivity contribution in [3.8, 4) is 23.0 Å². The minimum absolute atomic E-state index is 0.0271.